The summed E-state index contributed by atoms with van der Waals surface area (Å²) in [5.41, 5.74) is 0.406. The second-order valence-corrected chi connectivity index (χ2v) is 8.07. The fourth-order valence-electron chi connectivity index (χ4n) is 3.54. The van der Waals surface area contributed by atoms with Crippen LogP contribution < -0.4 is 5.56 Å². The van der Waals surface area contributed by atoms with Crippen LogP contribution in [0.3, 0.4) is 0 Å². The first-order valence-electron chi connectivity index (χ1n) is 9.28. The highest BCUT2D eigenvalue weighted by Gasteiger charge is 2.25. The molecule has 0 bridgehead atoms. The Bertz CT molecular complexity index is 912. The maximum atomic E-state index is 12.8. The number of rotatable bonds is 6. The van der Waals surface area contributed by atoms with Crippen molar-refractivity contribution in [2.24, 2.45) is 0 Å². The fourth-order valence-corrected chi connectivity index (χ4v) is 4.60. The molecule has 1 unspecified atom stereocenters. The van der Waals surface area contributed by atoms with Gasteiger partial charge in [0.1, 0.15) is 0 Å². The van der Waals surface area contributed by atoms with Crippen molar-refractivity contribution in [1.29, 1.82) is 0 Å². The lowest BCUT2D eigenvalue weighted by Crippen LogP contribution is -2.44. The van der Waals surface area contributed by atoms with Gasteiger partial charge in [0, 0.05) is 24.2 Å². The summed E-state index contributed by atoms with van der Waals surface area (Å²) in [6.45, 7) is 7.02. The number of thioether (sulfide) groups is 1. The van der Waals surface area contributed by atoms with Crippen molar-refractivity contribution in [3.8, 4) is 0 Å². The number of benzene rings is 1. The van der Waals surface area contributed by atoms with E-state index < -0.39 is 0 Å². The van der Waals surface area contributed by atoms with E-state index in [0.717, 1.165) is 25.8 Å². The summed E-state index contributed by atoms with van der Waals surface area (Å²) >= 11 is 7.36. The number of allylic oxidation sites excluding steroid dienone is 1. The summed E-state index contributed by atoms with van der Waals surface area (Å²) in [6.07, 6.45) is 5.95. The summed E-state index contributed by atoms with van der Waals surface area (Å²) in [6, 6.07) is 5.37. The molecule has 1 aromatic carbocycles. The average Bonchev–Trinajstić information content (AvgIpc) is 2.68. The minimum atomic E-state index is -0.143. The summed E-state index contributed by atoms with van der Waals surface area (Å²) < 4.78 is 1.56. The zero-order chi connectivity index (χ0) is 19.4. The molecule has 1 aliphatic rings. The lowest BCUT2D eigenvalue weighted by Gasteiger charge is -2.35. The molecule has 2 heterocycles. The number of likely N-dealkylation sites (tertiary alicyclic amines) is 1. The molecule has 0 aliphatic carbocycles. The van der Waals surface area contributed by atoms with E-state index >= 15 is 0 Å². The number of halogens is 1. The van der Waals surface area contributed by atoms with Gasteiger partial charge in [-0.15, -0.1) is 6.58 Å². The van der Waals surface area contributed by atoms with Gasteiger partial charge < -0.3 is 4.90 Å². The van der Waals surface area contributed by atoms with Gasteiger partial charge in [0.2, 0.25) is 5.91 Å². The molecule has 1 aromatic heterocycles. The summed E-state index contributed by atoms with van der Waals surface area (Å²) in [5.74, 6) is 0.378. The van der Waals surface area contributed by atoms with Gasteiger partial charge in [0.25, 0.3) is 5.56 Å². The second-order valence-electron chi connectivity index (χ2n) is 6.69. The minimum absolute atomic E-state index is 0.108. The normalized spacial score (nSPS) is 17.3. The first-order chi connectivity index (χ1) is 13.0. The van der Waals surface area contributed by atoms with Crippen molar-refractivity contribution in [1.82, 2.24) is 14.5 Å². The Morgan fingerprint density at radius 3 is 3.00 bits per heavy atom. The van der Waals surface area contributed by atoms with E-state index in [4.69, 9.17) is 11.6 Å². The van der Waals surface area contributed by atoms with Gasteiger partial charge in [-0.05, 0) is 43.9 Å². The van der Waals surface area contributed by atoms with E-state index in [1.807, 2.05) is 4.90 Å². The van der Waals surface area contributed by atoms with Crippen LogP contribution in [0.25, 0.3) is 10.9 Å². The van der Waals surface area contributed by atoms with Crippen LogP contribution >= 0.6 is 23.4 Å². The van der Waals surface area contributed by atoms with E-state index in [2.05, 4.69) is 18.5 Å². The lowest BCUT2D eigenvalue weighted by atomic mass is 10.0. The molecule has 0 radical (unpaired) electrons. The third-order valence-electron chi connectivity index (χ3n) is 4.94. The summed E-state index contributed by atoms with van der Waals surface area (Å²) in [7, 11) is 0. The Morgan fingerprint density at radius 1 is 1.44 bits per heavy atom. The molecule has 5 nitrogen and oxygen atoms in total. The topological polar surface area (TPSA) is 55.2 Å². The molecule has 3 rings (SSSR count). The van der Waals surface area contributed by atoms with Gasteiger partial charge in [0.05, 0.1) is 16.7 Å². The first kappa shape index (κ1) is 20.0. The zero-order valence-electron chi connectivity index (χ0n) is 15.5. The molecule has 2 aromatic rings. The minimum Gasteiger partial charge on any atom is -0.339 e. The summed E-state index contributed by atoms with van der Waals surface area (Å²) in [4.78, 5) is 32.2. The van der Waals surface area contributed by atoms with Gasteiger partial charge in [-0.3, -0.25) is 14.2 Å². The van der Waals surface area contributed by atoms with Gasteiger partial charge in [0.15, 0.2) is 5.16 Å². The summed E-state index contributed by atoms with van der Waals surface area (Å²) in [5, 5.41) is 1.56. The van der Waals surface area contributed by atoms with Crippen LogP contribution in [-0.4, -0.2) is 38.7 Å². The third-order valence-corrected chi connectivity index (χ3v) is 6.13. The second kappa shape index (κ2) is 8.93. The van der Waals surface area contributed by atoms with Crippen LogP contribution in [0.15, 0.2) is 40.8 Å². The first-order valence-corrected chi connectivity index (χ1v) is 10.6. The van der Waals surface area contributed by atoms with E-state index in [-0.39, 0.29) is 17.2 Å². The van der Waals surface area contributed by atoms with E-state index in [9.17, 15) is 9.59 Å². The number of carbonyl (C=O) groups excluding carboxylic acids is 1. The molecule has 0 N–H and O–H groups in total. The van der Waals surface area contributed by atoms with Crippen molar-refractivity contribution in [2.45, 2.75) is 50.4 Å². The maximum Gasteiger partial charge on any atom is 0.262 e. The fraction of sp³-hybridized carbons (Fsp3) is 0.450. The molecule has 27 heavy (non-hydrogen) atoms. The maximum absolute atomic E-state index is 12.8. The number of carbonyl (C=O) groups is 1. The van der Waals surface area contributed by atoms with Gasteiger partial charge in [-0.1, -0.05) is 36.4 Å². The zero-order valence-corrected chi connectivity index (χ0v) is 17.1. The number of amides is 1. The molecule has 1 amide bonds. The monoisotopic (exact) mass is 405 g/mol. The largest absolute Gasteiger partial charge is 0.339 e. The molecule has 144 valence electrons. The molecule has 0 saturated carbocycles. The quantitative estimate of drug-likeness (QED) is 0.412. The molecular weight excluding hydrogens is 382 g/mol. The Morgan fingerprint density at radius 2 is 2.26 bits per heavy atom. The van der Waals surface area contributed by atoms with Crippen LogP contribution in [0.5, 0.6) is 0 Å². The average molecular weight is 406 g/mol. The van der Waals surface area contributed by atoms with Gasteiger partial charge in [-0.25, -0.2) is 4.98 Å². The van der Waals surface area contributed by atoms with E-state index in [1.165, 1.54) is 18.2 Å². The molecular formula is C20H24ClN3O2S. The SMILES string of the molecule is C=CCn1c(SCC(=O)N2CCCCC2CC)nc2cc(Cl)ccc2c1=O. The molecule has 1 fully saturated rings. The van der Waals surface area contributed by atoms with Crippen molar-refractivity contribution in [3.05, 3.63) is 46.2 Å². The number of piperidine rings is 1. The Kier molecular flexibility index (Phi) is 6.60. The Balaban J connectivity index is 1.86. The lowest BCUT2D eigenvalue weighted by molar-refractivity contribution is -0.132. The van der Waals surface area contributed by atoms with Gasteiger partial charge >= 0.3 is 0 Å². The van der Waals surface area contributed by atoms with Crippen LogP contribution in [-0.2, 0) is 11.3 Å². The highest BCUT2D eigenvalue weighted by molar-refractivity contribution is 7.99. The van der Waals surface area contributed by atoms with Crippen LogP contribution in [0.1, 0.15) is 32.6 Å². The van der Waals surface area contributed by atoms with Crippen molar-refractivity contribution >= 4 is 40.2 Å². The van der Waals surface area contributed by atoms with E-state index in [0.29, 0.717) is 33.7 Å². The predicted molar refractivity (Wildman–Crippen MR) is 112 cm³/mol. The highest BCUT2D eigenvalue weighted by Crippen LogP contribution is 2.24. The molecule has 7 heteroatoms. The van der Waals surface area contributed by atoms with Crippen molar-refractivity contribution in [2.75, 3.05) is 12.3 Å². The number of aromatic nitrogens is 2. The third kappa shape index (κ3) is 4.38. The number of hydrogen-bond acceptors (Lipinski definition) is 4. The van der Waals surface area contributed by atoms with Crippen molar-refractivity contribution in [3.63, 3.8) is 0 Å². The number of hydrogen-bond donors (Lipinski definition) is 0. The molecule has 0 spiro atoms. The number of nitrogens with zero attached hydrogens (tertiary/aromatic N) is 3. The molecule has 1 aliphatic heterocycles. The highest BCUT2D eigenvalue weighted by atomic mass is 35.5. The van der Waals surface area contributed by atoms with Crippen LogP contribution in [0.2, 0.25) is 5.02 Å². The predicted octanol–water partition coefficient (Wildman–Crippen LogP) is 4.12. The van der Waals surface area contributed by atoms with Gasteiger partial charge in [-0.2, -0.15) is 0 Å². The Hall–Kier alpha value is -1.79. The Labute approximate surface area is 168 Å². The van der Waals surface area contributed by atoms with Crippen LogP contribution in [0, 0.1) is 0 Å². The molecule has 1 atom stereocenters. The number of fused-ring (bicyclic) bond motifs is 1. The van der Waals surface area contributed by atoms with Crippen molar-refractivity contribution < 1.29 is 4.79 Å². The van der Waals surface area contributed by atoms with E-state index in [1.54, 1.807) is 28.8 Å². The smallest absolute Gasteiger partial charge is 0.262 e. The standard InChI is InChI=1S/C20H24ClN3O2S/c1-3-10-24-19(26)16-9-8-14(21)12-17(16)22-20(24)27-13-18(25)23-11-6-5-7-15(23)4-2/h3,8-9,12,15H,1,4-7,10-11,13H2,2H3. The molecule has 1 saturated heterocycles. The van der Waals surface area contributed by atoms with Crippen LogP contribution in [0.4, 0.5) is 0 Å².